The summed E-state index contributed by atoms with van der Waals surface area (Å²) >= 11 is 1.55. The first-order valence-electron chi connectivity index (χ1n) is 10.9. The highest BCUT2D eigenvalue weighted by molar-refractivity contribution is 7.16. The van der Waals surface area contributed by atoms with Crippen LogP contribution in [0.25, 0.3) is 32.3 Å². The number of anilines is 1. The molecule has 1 aromatic carbocycles. The molecule has 0 saturated carbocycles. The summed E-state index contributed by atoms with van der Waals surface area (Å²) in [5, 5.41) is 6.07. The lowest BCUT2D eigenvalue weighted by atomic mass is 9.97. The van der Waals surface area contributed by atoms with Crippen LogP contribution in [0.15, 0.2) is 48.2 Å². The molecule has 10 heteroatoms. The highest BCUT2D eigenvalue weighted by Gasteiger charge is 2.36. The summed E-state index contributed by atoms with van der Waals surface area (Å²) in [5.74, 6) is -0.354. The molecule has 7 rings (SSSR count). The number of rotatable bonds is 3. The lowest BCUT2D eigenvalue weighted by molar-refractivity contribution is -0.122. The number of para-hydroxylation sites is 1. The van der Waals surface area contributed by atoms with Crippen molar-refractivity contribution in [1.82, 2.24) is 30.2 Å². The Bertz CT molecular complexity index is 1670. The molecule has 0 aliphatic carbocycles. The van der Waals surface area contributed by atoms with Gasteiger partial charge in [0.15, 0.2) is 0 Å². The van der Waals surface area contributed by atoms with Gasteiger partial charge in [-0.25, -0.2) is 15.0 Å². The Morgan fingerprint density at radius 3 is 2.79 bits per heavy atom. The van der Waals surface area contributed by atoms with E-state index >= 15 is 0 Å². The lowest BCUT2D eigenvalue weighted by Crippen LogP contribution is -2.32. The normalized spacial score (nSPS) is 16.1. The van der Waals surface area contributed by atoms with Gasteiger partial charge in [0.1, 0.15) is 4.83 Å². The second-order valence-corrected chi connectivity index (χ2v) is 9.20. The zero-order chi connectivity index (χ0) is 22.8. The minimum Gasteiger partial charge on any atom is -0.352 e. The Hall–Kier alpha value is -4.31. The molecule has 34 heavy (non-hydrogen) atoms. The van der Waals surface area contributed by atoms with E-state index in [2.05, 4.69) is 25.2 Å². The van der Waals surface area contributed by atoms with Crippen molar-refractivity contribution < 1.29 is 9.59 Å². The van der Waals surface area contributed by atoms with Crippen LogP contribution in [0.1, 0.15) is 22.6 Å². The van der Waals surface area contributed by atoms with E-state index in [9.17, 15) is 9.59 Å². The molecule has 0 bridgehead atoms. The van der Waals surface area contributed by atoms with Gasteiger partial charge in [0.05, 0.1) is 46.6 Å². The summed E-state index contributed by atoms with van der Waals surface area (Å²) in [7, 11) is 0. The molecule has 6 heterocycles. The fourth-order valence-electron chi connectivity index (χ4n) is 4.77. The van der Waals surface area contributed by atoms with Crippen LogP contribution >= 0.6 is 11.3 Å². The average molecular weight is 468 g/mol. The van der Waals surface area contributed by atoms with Gasteiger partial charge in [0, 0.05) is 35.5 Å². The van der Waals surface area contributed by atoms with Crippen LogP contribution in [0.4, 0.5) is 5.95 Å². The molecule has 0 spiro atoms. The standard InChI is InChI=1S/C24H17N7O2S/c32-21-18(14-9-25-23-12(14)6-8-34-23)19(22(33)30-21)20-13-3-1-2-4-15(13)28-24(29-20)31-7-5-16-17(10-31)27-11-26-16/h1-4,6,8-9,11,25H,5,7,10H2,(H,26,27)(H,30,32,33). The molecule has 0 radical (unpaired) electrons. The number of aromatic amines is 2. The van der Waals surface area contributed by atoms with Gasteiger partial charge in [-0.2, -0.15) is 0 Å². The first kappa shape index (κ1) is 19.2. The molecule has 9 nitrogen and oxygen atoms in total. The number of carbonyl (C=O) groups excluding carboxylic acids is 2. The Kier molecular flexibility index (Phi) is 4.00. The Morgan fingerprint density at radius 1 is 0.971 bits per heavy atom. The molecular formula is C24H17N7O2S. The Balaban J connectivity index is 1.46. The van der Waals surface area contributed by atoms with E-state index in [1.54, 1.807) is 23.9 Å². The van der Waals surface area contributed by atoms with Gasteiger partial charge in [-0.15, -0.1) is 11.3 Å². The fraction of sp³-hybridized carbons (Fsp3) is 0.125. The number of benzene rings is 1. The van der Waals surface area contributed by atoms with Crippen LogP contribution in [0.5, 0.6) is 0 Å². The van der Waals surface area contributed by atoms with Gasteiger partial charge in [-0.1, -0.05) is 18.2 Å². The maximum atomic E-state index is 13.1. The molecule has 3 N–H and O–H groups in total. The average Bonchev–Trinajstić information content (AvgIpc) is 3.62. The van der Waals surface area contributed by atoms with Gasteiger partial charge < -0.3 is 14.9 Å². The maximum absolute atomic E-state index is 13.1. The van der Waals surface area contributed by atoms with Gasteiger partial charge >= 0.3 is 0 Å². The van der Waals surface area contributed by atoms with E-state index in [4.69, 9.17) is 9.97 Å². The van der Waals surface area contributed by atoms with Gasteiger partial charge in [0.25, 0.3) is 11.8 Å². The van der Waals surface area contributed by atoms with Crippen molar-refractivity contribution in [2.24, 2.45) is 0 Å². The summed E-state index contributed by atoms with van der Waals surface area (Å²) in [6, 6.07) is 9.52. The van der Waals surface area contributed by atoms with Crippen LogP contribution in [-0.4, -0.2) is 43.3 Å². The Morgan fingerprint density at radius 2 is 1.85 bits per heavy atom. The zero-order valence-corrected chi connectivity index (χ0v) is 18.6. The molecule has 0 atom stereocenters. The topological polar surface area (TPSA) is 120 Å². The summed E-state index contributed by atoms with van der Waals surface area (Å²) < 4.78 is 0. The van der Waals surface area contributed by atoms with E-state index in [-0.39, 0.29) is 5.57 Å². The van der Waals surface area contributed by atoms with Crippen molar-refractivity contribution in [3.05, 3.63) is 70.9 Å². The minimum absolute atomic E-state index is 0.274. The van der Waals surface area contributed by atoms with E-state index < -0.39 is 11.8 Å². The van der Waals surface area contributed by atoms with E-state index in [1.807, 2.05) is 35.7 Å². The molecule has 2 aliphatic heterocycles. The van der Waals surface area contributed by atoms with Crippen molar-refractivity contribution in [1.29, 1.82) is 0 Å². The molecule has 0 fully saturated rings. The maximum Gasteiger partial charge on any atom is 0.261 e. The first-order valence-corrected chi connectivity index (χ1v) is 11.7. The van der Waals surface area contributed by atoms with Gasteiger partial charge in [0.2, 0.25) is 5.95 Å². The quantitative estimate of drug-likeness (QED) is 0.351. The van der Waals surface area contributed by atoms with Crippen LogP contribution in [-0.2, 0) is 22.6 Å². The highest BCUT2D eigenvalue weighted by atomic mass is 32.1. The third-order valence-corrected chi connectivity index (χ3v) is 7.24. The summed E-state index contributed by atoms with van der Waals surface area (Å²) in [5.41, 5.74) is 4.56. The van der Waals surface area contributed by atoms with Crippen molar-refractivity contribution >= 4 is 61.4 Å². The number of fused-ring (bicyclic) bond motifs is 3. The number of thiophene rings is 1. The second-order valence-electron chi connectivity index (χ2n) is 8.29. The van der Waals surface area contributed by atoms with Crippen LogP contribution in [0.2, 0.25) is 0 Å². The number of carbonyl (C=O) groups is 2. The predicted molar refractivity (Wildman–Crippen MR) is 129 cm³/mol. The number of aromatic nitrogens is 5. The molecule has 166 valence electrons. The van der Waals surface area contributed by atoms with E-state index in [0.717, 1.165) is 33.4 Å². The molecule has 5 aromatic rings. The Labute approximate surface area is 196 Å². The van der Waals surface area contributed by atoms with Crippen LogP contribution in [0.3, 0.4) is 0 Å². The zero-order valence-electron chi connectivity index (χ0n) is 17.8. The highest BCUT2D eigenvalue weighted by Crippen LogP contribution is 2.38. The first-order chi connectivity index (χ1) is 16.7. The number of hydrogen-bond acceptors (Lipinski definition) is 7. The van der Waals surface area contributed by atoms with E-state index in [1.165, 1.54) is 0 Å². The van der Waals surface area contributed by atoms with Crippen molar-refractivity contribution in [3.63, 3.8) is 0 Å². The number of nitrogens with zero attached hydrogens (tertiary/aromatic N) is 4. The lowest BCUT2D eigenvalue weighted by Gasteiger charge is -2.27. The molecule has 0 saturated heterocycles. The fourth-order valence-corrected chi connectivity index (χ4v) is 5.55. The van der Waals surface area contributed by atoms with Crippen molar-refractivity contribution in [2.45, 2.75) is 13.0 Å². The smallest absolute Gasteiger partial charge is 0.261 e. The summed E-state index contributed by atoms with van der Waals surface area (Å²) in [6.45, 7) is 1.30. The monoisotopic (exact) mass is 467 g/mol. The number of amides is 2. The summed E-state index contributed by atoms with van der Waals surface area (Å²) in [4.78, 5) is 49.6. The minimum atomic E-state index is -0.450. The molecule has 2 amide bonds. The number of hydrogen-bond donors (Lipinski definition) is 3. The van der Waals surface area contributed by atoms with Gasteiger partial charge in [-0.05, 0) is 17.5 Å². The SMILES string of the molecule is O=C1NC(=O)C(c2c[nH]c3sccc23)=C1c1nc(N2CCc3nc[nH]c3C2)nc2ccccc12. The number of H-pyrrole nitrogens is 2. The number of imide groups is 1. The van der Waals surface area contributed by atoms with Gasteiger partial charge in [-0.3, -0.25) is 14.9 Å². The largest absolute Gasteiger partial charge is 0.352 e. The second kappa shape index (κ2) is 7.09. The molecule has 0 unspecified atom stereocenters. The number of imidazole rings is 1. The molecule has 2 aliphatic rings. The molecule has 4 aromatic heterocycles. The van der Waals surface area contributed by atoms with Crippen LogP contribution in [0, 0.1) is 0 Å². The van der Waals surface area contributed by atoms with Crippen LogP contribution < -0.4 is 10.2 Å². The van der Waals surface area contributed by atoms with Crippen molar-refractivity contribution in [2.75, 3.05) is 11.4 Å². The third kappa shape index (κ3) is 2.75. The predicted octanol–water partition coefficient (Wildman–Crippen LogP) is 3.03. The molecular weight excluding hydrogens is 450 g/mol. The third-order valence-electron chi connectivity index (χ3n) is 6.39. The number of nitrogens with one attached hydrogen (secondary N) is 3. The van der Waals surface area contributed by atoms with E-state index in [0.29, 0.717) is 41.4 Å². The van der Waals surface area contributed by atoms with Crippen molar-refractivity contribution in [3.8, 4) is 0 Å². The summed E-state index contributed by atoms with van der Waals surface area (Å²) in [6.07, 6.45) is 4.26.